The zero-order valence-corrected chi connectivity index (χ0v) is 20.6. The molecule has 1 aromatic heterocycles. The summed E-state index contributed by atoms with van der Waals surface area (Å²) in [5.74, 6) is 1.47. The lowest BCUT2D eigenvalue weighted by atomic mass is 9.99. The Bertz CT molecular complexity index is 1130. The summed E-state index contributed by atoms with van der Waals surface area (Å²) in [6, 6.07) is 11.4. The Morgan fingerprint density at radius 2 is 2.00 bits per heavy atom. The van der Waals surface area contributed by atoms with E-state index in [0.29, 0.717) is 29.8 Å². The average molecular weight is 568 g/mol. The fraction of sp³-hybridized carbons (Fsp3) is 0.318. The largest absolute Gasteiger partial charge is 0.492 e. The third-order valence-corrected chi connectivity index (χ3v) is 5.47. The Kier molecular flexibility index (Phi) is 6.78. The van der Waals surface area contributed by atoms with Crippen LogP contribution in [0.25, 0.3) is 10.9 Å². The quantitative estimate of drug-likeness (QED) is 0.296. The van der Waals surface area contributed by atoms with Gasteiger partial charge in [-0.3, -0.25) is 4.79 Å². The summed E-state index contributed by atoms with van der Waals surface area (Å²) in [6.45, 7) is 9.02. The van der Waals surface area contributed by atoms with E-state index < -0.39 is 0 Å². The molecule has 29 heavy (non-hydrogen) atoms. The molecule has 0 aliphatic rings. The zero-order chi connectivity index (χ0) is 21.2. The fourth-order valence-corrected chi connectivity index (χ4v) is 3.73. The highest BCUT2D eigenvalue weighted by atomic mass is 127. The maximum atomic E-state index is 12.9. The Morgan fingerprint density at radius 1 is 1.24 bits per heavy atom. The molecule has 0 amide bonds. The van der Waals surface area contributed by atoms with Crippen molar-refractivity contribution in [2.75, 3.05) is 6.61 Å². The number of hydrogen-bond donors (Lipinski definition) is 0. The molecule has 0 fully saturated rings. The van der Waals surface area contributed by atoms with Crippen molar-refractivity contribution in [2.24, 2.45) is 10.5 Å². The van der Waals surface area contributed by atoms with Crippen LogP contribution in [0.2, 0.25) is 0 Å². The van der Waals surface area contributed by atoms with Crippen molar-refractivity contribution >= 4 is 55.6 Å². The minimum atomic E-state index is -0.177. The van der Waals surface area contributed by atoms with E-state index in [1.54, 1.807) is 12.3 Å². The Labute approximate surface area is 192 Å². The predicted molar refractivity (Wildman–Crippen MR) is 130 cm³/mol. The van der Waals surface area contributed by atoms with E-state index in [9.17, 15) is 4.79 Å². The average Bonchev–Trinajstić information content (AvgIpc) is 2.66. The second-order valence-corrected chi connectivity index (χ2v) is 10.0. The smallest absolute Gasteiger partial charge is 0.282 e. The van der Waals surface area contributed by atoms with Crippen LogP contribution in [-0.4, -0.2) is 22.5 Å². The molecule has 3 rings (SSSR count). The minimum Gasteiger partial charge on any atom is -0.492 e. The zero-order valence-electron chi connectivity index (χ0n) is 16.9. The first-order chi connectivity index (χ1) is 13.7. The molecule has 0 N–H and O–H groups in total. The number of rotatable bonds is 5. The highest BCUT2D eigenvalue weighted by Crippen LogP contribution is 2.24. The molecule has 0 aliphatic heterocycles. The molecule has 0 saturated heterocycles. The summed E-state index contributed by atoms with van der Waals surface area (Å²) in [6.07, 6.45) is 2.29. The molecule has 2 aromatic carbocycles. The molecule has 0 bridgehead atoms. The summed E-state index contributed by atoms with van der Waals surface area (Å²) in [7, 11) is 0. The summed E-state index contributed by atoms with van der Waals surface area (Å²) in [5, 5.41) is 4.98. The molecule has 1 heterocycles. The van der Waals surface area contributed by atoms with Crippen LogP contribution in [0.1, 0.15) is 39.1 Å². The first-order valence-corrected chi connectivity index (χ1v) is 11.2. The van der Waals surface area contributed by atoms with Crippen molar-refractivity contribution in [1.29, 1.82) is 0 Å². The van der Waals surface area contributed by atoms with Crippen LogP contribution in [0.4, 0.5) is 0 Å². The molecule has 0 atom stereocenters. The lowest BCUT2D eigenvalue weighted by Crippen LogP contribution is -2.22. The van der Waals surface area contributed by atoms with Gasteiger partial charge in [-0.2, -0.15) is 9.78 Å². The first-order valence-electron chi connectivity index (χ1n) is 9.36. The molecule has 7 heteroatoms. The van der Waals surface area contributed by atoms with Gasteiger partial charge in [-0.05, 0) is 70.0 Å². The SMILES string of the molecule is CCc1nc2ccc(Br)cc2c(=O)n1N=Cc1ccc(OCC(C)(C)C)c(I)c1. The van der Waals surface area contributed by atoms with E-state index in [1.807, 2.05) is 37.3 Å². The monoisotopic (exact) mass is 567 g/mol. The predicted octanol–water partition coefficient (Wildman–Crippen LogP) is 5.63. The van der Waals surface area contributed by atoms with E-state index >= 15 is 0 Å². The van der Waals surface area contributed by atoms with Gasteiger partial charge >= 0.3 is 0 Å². The maximum Gasteiger partial charge on any atom is 0.282 e. The van der Waals surface area contributed by atoms with Gasteiger partial charge in [0.15, 0.2) is 0 Å². The van der Waals surface area contributed by atoms with Crippen LogP contribution in [0.5, 0.6) is 5.75 Å². The van der Waals surface area contributed by atoms with E-state index in [0.717, 1.165) is 19.4 Å². The molecule has 0 saturated carbocycles. The topological polar surface area (TPSA) is 56.5 Å². The molecule has 3 aromatic rings. The lowest BCUT2D eigenvalue weighted by Gasteiger charge is -2.19. The number of aryl methyl sites for hydroxylation is 1. The van der Waals surface area contributed by atoms with Crippen molar-refractivity contribution in [3.05, 3.63) is 66.2 Å². The standard InChI is InChI=1S/C22H23BrIN3O2/c1-5-20-26-18-8-7-15(23)11-16(18)21(28)27(20)25-12-14-6-9-19(17(24)10-14)29-13-22(2,3)4/h6-12H,5,13H2,1-4H3. The molecule has 0 aliphatic carbocycles. The number of hydrogen-bond acceptors (Lipinski definition) is 4. The molecular weight excluding hydrogens is 545 g/mol. The van der Waals surface area contributed by atoms with Crippen LogP contribution in [0.15, 0.2) is 50.8 Å². The summed E-state index contributed by atoms with van der Waals surface area (Å²) < 4.78 is 9.13. The highest BCUT2D eigenvalue weighted by Gasteiger charge is 2.13. The maximum absolute atomic E-state index is 12.9. The number of fused-ring (bicyclic) bond motifs is 1. The molecule has 152 valence electrons. The Hall–Kier alpha value is -1.74. The highest BCUT2D eigenvalue weighted by molar-refractivity contribution is 14.1. The number of aromatic nitrogens is 2. The van der Waals surface area contributed by atoms with Gasteiger partial charge in [0, 0.05) is 10.9 Å². The van der Waals surface area contributed by atoms with Crippen LogP contribution >= 0.6 is 38.5 Å². The molecule has 0 spiro atoms. The van der Waals surface area contributed by atoms with E-state index in [2.05, 4.69) is 69.4 Å². The lowest BCUT2D eigenvalue weighted by molar-refractivity contribution is 0.196. The van der Waals surface area contributed by atoms with Gasteiger partial charge < -0.3 is 4.74 Å². The van der Waals surface area contributed by atoms with E-state index in [4.69, 9.17) is 4.74 Å². The first kappa shape index (κ1) is 22.0. The summed E-state index contributed by atoms with van der Waals surface area (Å²) in [4.78, 5) is 17.5. The van der Waals surface area contributed by atoms with Crippen LogP contribution in [0.3, 0.4) is 0 Å². The van der Waals surface area contributed by atoms with Gasteiger partial charge in [-0.1, -0.05) is 43.6 Å². The number of halogens is 2. The second kappa shape index (κ2) is 8.95. The van der Waals surface area contributed by atoms with Crippen molar-refractivity contribution in [3.63, 3.8) is 0 Å². The summed E-state index contributed by atoms with van der Waals surface area (Å²) in [5.41, 5.74) is 1.49. The molecule has 0 radical (unpaired) electrons. The number of nitrogens with zero attached hydrogens (tertiary/aromatic N) is 3. The van der Waals surface area contributed by atoms with Gasteiger partial charge in [0.05, 0.1) is 27.3 Å². The van der Waals surface area contributed by atoms with Crippen LogP contribution in [-0.2, 0) is 6.42 Å². The fourth-order valence-electron chi connectivity index (χ4n) is 2.68. The van der Waals surface area contributed by atoms with Crippen molar-refractivity contribution < 1.29 is 4.74 Å². The van der Waals surface area contributed by atoms with Crippen molar-refractivity contribution in [3.8, 4) is 5.75 Å². The number of ether oxygens (including phenoxy) is 1. The molecule has 0 unspecified atom stereocenters. The van der Waals surface area contributed by atoms with Gasteiger partial charge in [-0.25, -0.2) is 4.98 Å². The van der Waals surface area contributed by atoms with E-state index in [1.165, 1.54) is 4.68 Å². The molecule has 5 nitrogen and oxygen atoms in total. The third kappa shape index (κ3) is 5.45. The van der Waals surface area contributed by atoms with Crippen LogP contribution < -0.4 is 10.3 Å². The second-order valence-electron chi connectivity index (χ2n) is 7.94. The minimum absolute atomic E-state index is 0.0962. The summed E-state index contributed by atoms with van der Waals surface area (Å²) >= 11 is 5.67. The van der Waals surface area contributed by atoms with Gasteiger partial charge in [0.25, 0.3) is 5.56 Å². The van der Waals surface area contributed by atoms with Crippen LogP contribution in [0, 0.1) is 8.99 Å². The molecular formula is C22H23BrIN3O2. The Morgan fingerprint density at radius 3 is 2.66 bits per heavy atom. The third-order valence-electron chi connectivity index (χ3n) is 4.13. The van der Waals surface area contributed by atoms with Gasteiger partial charge in [0.2, 0.25) is 0 Å². The van der Waals surface area contributed by atoms with Crippen molar-refractivity contribution in [2.45, 2.75) is 34.1 Å². The number of benzene rings is 2. The van der Waals surface area contributed by atoms with E-state index in [-0.39, 0.29) is 11.0 Å². The Balaban J connectivity index is 1.93. The van der Waals surface area contributed by atoms with Gasteiger partial charge in [0.1, 0.15) is 11.6 Å². The van der Waals surface area contributed by atoms with Gasteiger partial charge in [-0.15, -0.1) is 0 Å². The van der Waals surface area contributed by atoms with Crippen molar-refractivity contribution in [1.82, 2.24) is 9.66 Å². The normalized spacial score (nSPS) is 12.1.